The molecule has 0 radical (unpaired) electrons. The fraction of sp³-hybridized carbons (Fsp3) is 0.367. The monoisotopic (exact) mass is 613 g/mol. The van der Waals surface area contributed by atoms with Gasteiger partial charge in [-0.15, -0.1) is 0 Å². The number of methoxy groups -OCH3 is 1. The quantitative estimate of drug-likeness (QED) is 0.282. The van der Waals surface area contributed by atoms with Crippen LogP contribution in [0.5, 0.6) is 0 Å². The summed E-state index contributed by atoms with van der Waals surface area (Å²) in [4.78, 5) is 12.6. The molecule has 1 aliphatic heterocycles. The molecule has 0 spiro atoms. The standard InChI is InChI=1S/C30H30F3N5O4S/c1-18-9-20-11-22(30(31,32)33)7-8-27(20)43(40,41)37(15-18)16-19-5-4-6-23(10-19)38-28(26(14-35-38)29(39)42-3)25-12-24(25)21-13-34-36(2)17-21/h4-8,10-11,13-14,17-18,24-25H,9,12,15-16H2,1-3H3/t18-,24-,25+/m0/s1. The first-order valence-electron chi connectivity index (χ1n) is 13.8. The molecule has 2 aliphatic rings. The number of fused-ring (bicyclic) bond motifs is 1. The number of hydrogen-bond acceptors (Lipinski definition) is 6. The van der Waals surface area contributed by atoms with Gasteiger partial charge in [0, 0.05) is 32.3 Å². The molecule has 6 rings (SSSR count). The molecule has 2 aromatic heterocycles. The smallest absolute Gasteiger partial charge is 0.416 e. The number of hydrogen-bond donors (Lipinski definition) is 0. The number of rotatable bonds is 6. The van der Waals surface area contributed by atoms with E-state index < -0.39 is 27.7 Å². The highest BCUT2D eigenvalue weighted by Gasteiger charge is 2.45. The van der Waals surface area contributed by atoms with E-state index in [1.165, 1.54) is 17.6 Å². The van der Waals surface area contributed by atoms with E-state index in [4.69, 9.17) is 4.74 Å². The molecule has 0 unspecified atom stereocenters. The van der Waals surface area contributed by atoms with Crippen LogP contribution in [-0.2, 0) is 40.9 Å². The molecule has 1 aliphatic carbocycles. The lowest BCUT2D eigenvalue weighted by atomic mass is 9.99. The summed E-state index contributed by atoms with van der Waals surface area (Å²) in [5.41, 5.74) is 2.76. The van der Waals surface area contributed by atoms with E-state index >= 15 is 0 Å². The number of carbonyl (C=O) groups excluding carboxylic acids is 1. The SMILES string of the molecule is COC(=O)c1cnn(-c2cccc(CN3C[C@@H](C)Cc4cc(C(F)(F)F)ccc4S3(=O)=O)c2)c1[C@@H]1C[C@H]1c1cnn(C)c1. The van der Waals surface area contributed by atoms with Gasteiger partial charge in [-0.1, -0.05) is 19.1 Å². The molecule has 13 heteroatoms. The van der Waals surface area contributed by atoms with Gasteiger partial charge >= 0.3 is 12.1 Å². The first-order valence-corrected chi connectivity index (χ1v) is 15.2. The molecule has 3 atom stereocenters. The zero-order valence-corrected chi connectivity index (χ0v) is 24.6. The van der Waals surface area contributed by atoms with Crippen molar-refractivity contribution in [1.29, 1.82) is 0 Å². The number of esters is 1. The van der Waals surface area contributed by atoms with Crippen LogP contribution < -0.4 is 0 Å². The van der Waals surface area contributed by atoms with Crippen molar-refractivity contribution in [1.82, 2.24) is 23.9 Å². The third kappa shape index (κ3) is 5.47. The molecule has 9 nitrogen and oxygen atoms in total. The number of sulfonamides is 1. The molecule has 4 aromatic rings. The molecular formula is C30H30F3N5O4S. The fourth-order valence-corrected chi connectivity index (χ4v) is 7.78. The first-order chi connectivity index (χ1) is 20.4. The summed E-state index contributed by atoms with van der Waals surface area (Å²) in [7, 11) is -0.907. The largest absolute Gasteiger partial charge is 0.465 e. The Morgan fingerprint density at radius 1 is 1.09 bits per heavy atom. The molecule has 3 heterocycles. The first kappa shape index (κ1) is 29.1. The lowest BCUT2D eigenvalue weighted by molar-refractivity contribution is -0.137. The van der Waals surface area contributed by atoms with Crippen LogP contribution in [0.25, 0.3) is 5.69 Å². The van der Waals surface area contributed by atoms with Gasteiger partial charge in [0.15, 0.2) is 0 Å². The third-order valence-electron chi connectivity index (χ3n) is 8.11. The Morgan fingerprint density at radius 2 is 1.88 bits per heavy atom. The second kappa shape index (κ2) is 10.6. The molecular weight excluding hydrogens is 583 g/mol. The Morgan fingerprint density at radius 3 is 2.58 bits per heavy atom. The normalized spacial score (nSPS) is 21.7. The predicted molar refractivity (Wildman–Crippen MR) is 150 cm³/mol. The van der Waals surface area contributed by atoms with E-state index in [1.807, 2.05) is 38.5 Å². The van der Waals surface area contributed by atoms with Crippen LogP contribution in [0.1, 0.15) is 63.5 Å². The molecule has 0 bridgehead atoms. The average molecular weight is 614 g/mol. The highest BCUT2D eigenvalue weighted by molar-refractivity contribution is 7.89. The Balaban J connectivity index is 1.33. The average Bonchev–Trinajstić information content (AvgIpc) is 3.43. The van der Waals surface area contributed by atoms with Crippen molar-refractivity contribution in [3.05, 3.63) is 94.6 Å². The van der Waals surface area contributed by atoms with E-state index in [9.17, 15) is 26.4 Å². The van der Waals surface area contributed by atoms with E-state index in [-0.39, 0.29) is 47.7 Å². The maximum absolute atomic E-state index is 13.7. The maximum atomic E-state index is 13.7. The highest BCUT2D eigenvalue weighted by Crippen LogP contribution is 2.55. The summed E-state index contributed by atoms with van der Waals surface area (Å²) >= 11 is 0. The number of ether oxygens (including phenoxy) is 1. The summed E-state index contributed by atoms with van der Waals surface area (Å²) in [5, 5.41) is 8.79. The Labute approximate surface area is 246 Å². The summed E-state index contributed by atoms with van der Waals surface area (Å²) in [6, 6.07) is 10.1. The van der Waals surface area contributed by atoms with Crippen LogP contribution in [0.3, 0.4) is 0 Å². The lowest BCUT2D eigenvalue weighted by Crippen LogP contribution is -2.32. The number of nitrogens with zero attached hydrogens (tertiary/aromatic N) is 5. The van der Waals surface area contributed by atoms with Crippen molar-refractivity contribution in [3.8, 4) is 5.69 Å². The van der Waals surface area contributed by atoms with Crippen LogP contribution in [0.2, 0.25) is 0 Å². The van der Waals surface area contributed by atoms with Gasteiger partial charge in [0.05, 0.1) is 41.3 Å². The zero-order chi connectivity index (χ0) is 30.7. The molecule has 2 aromatic carbocycles. The number of aromatic nitrogens is 4. The molecule has 0 amide bonds. The van der Waals surface area contributed by atoms with Crippen LogP contribution in [-0.4, -0.2) is 51.9 Å². The van der Waals surface area contributed by atoms with E-state index in [1.54, 1.807) is 21.5 Å². The van der Waals surface area contributed by atoms with Gasteiger partial charge in [0.25, 0.3) is 0 Å². The van der Waals surface area contributed by atoms with Gasteiger partial charge in [0.2, 0.25) is 10.0 Å². The predicted octanol–water partition coefficient (Wildman–Crippen LogP) is 5.07. The van der Waals surface area contributed by atoms with Crippen molar-refractivity contribution in [3.63, 3.8) is 0 Å². The van der Waals surface area contributed by atoms with Gasteiger partial charge in [-0.2, -0.15) is 27.7 Å². The van der Waals surface area contributed by atoms with Gasteiger partial charge < -0.3 is 4.74 Å². The summed E-state index contributed by atoms with van der Waals surface area (Å²) in [6.07, 6.45) is 1.70. The minimum absolute atomic E-state index is 0.00869. The van der Waals surface area contributed by atoms with Crippen molar-refractivity contribution >= 4 is 16.0 Å². The number of alkyl halides is 3. The van der Waals surface area contributed by atoms with Crippen molar-refractivity contribution in [2.24, 2.45) is 13.0 Å². The van der Waals surface area contributed by atoms with Crippen molar-refractivity contribution < 1.29 is 31.1 Å². The highest BCUT2D eigenvalue weighted by atomic mass is 32.2. The van der Waals surface area contributed by atoms with Gasteiger partial charge in [-0.05, 0) is 71.7 Å². The zero-order valence-electron chi connectivity index (χ0n) is 23.7. The Bertz CT molecular complexity index is 1810. The van der Waals surface area contributed by atoms with Gasteiger partial charge in [0.1, 0.15) is 5.56 Å². The minimum atomic E-state index is -4.56. The lowest BCUT2D eigenvalue weighted by Gasteiger charge is -2.23. The van der Waals surface area contributed by atoms with Gasteiger partial charge in [-0.25, -0.2) is 17.9 Å². The Kier molecular flexibility index (Phi) is 7.20. The van der Waals surface area contributed by atoms with E-state index in [2.05, 4.69) is 10.2 Å². The van der Waals surface area contributed by atoms with Crippen LogP contribution in [0.4, 0.5) is 13.2 Å². The second-order valence-corrected chi connectivity index (χ2v) is 13.2. The summed E-state index contributed by atoms with van der Waals surface area (Å²) < 4.78 is 77.2. The second-order valence-electron chi connectivity index (χ2n) is 11.3. The van der Waals surface area contributed by atoms with Crippen molar-refractivity contribution in [2.45, 2.75) is 49.2 Å². The minimum Gasteiger partial charge on any atom is -0.465 e. The molecule has 1 fully saturated rings. The number of halogens is 3. The third-order valence-corrected chi connectivity index (χ3v) is 10.0. The molecule has 0 saturated heterocycles. The fourth-order valence-electron chi connectivity index (χ4n) is 6.02. The topological polar surface area (TPSA) is 99.3 Å². The van der Waals surface area contributed by atoms with E-state index in [0.717, 1.165) is 30.2 Å². The van der Waals surface area contributed by atoms with E-state index in [0.29, 0.717) is 22.5 Å². The molecule has 226 valence electrons. The van der Waals surface area contributed by atoms with Crippen LogP contribution in [0.15, 0.2) is 66.0 Å². The molecule has 1 saturated carbocycles. The van der Waals surface area contributed by atoms with Crippen LogP contribution >= 0.6 is 0 Å². The summed E-state index contributed by atoms with van der Waals surface area (Å²) in [5.74, 6) is -0.527. The molecule has 0 N–H and O–H groups in total. The summed E-state index contributed by atoms with van der Waals surface area (Å²) in [6.45, 7) is 1.99. The molecule has 43 heavy (non-hydrogen) atoms. The Hall–Kier alpha value is -3.97. The number of carbonyl (C=O) groups is 1. The maximum Gasteiger partial charge on any atom is 0.416 e. The number of benzene rings is 2. The number of aryl methyl sites for hydroxylation is 1. The van der Waals surface area contributed by atoms with Crippen molar-refractivity contribution in [2.75, 3.05) is 13.7 Å². The van der Waals surface area contributed by atoms with Gasteiger partial charge in [-0.3, -0.25) is 4.68 Å². The van der Waals surface area contributed by atoms with Crippen LogP contribution in [0, 0.1) is 5.92 Å².